The van der Waals surface area contributed by atoms with Crippen molar-refractivity contribution < 1.29 is 13.6 Å². The fraction of sp³-hybridized carbons (Fsp3) is 0.0714. The van der Waals surface area contributed by atoms with Crippen LogP contribution in [0.25, 0.3) is 0 Å². The van der Waals surface area contributed by atoms with Gasteiger partial charge >= 0.3 is 0 Å². The van der Waals surface area contributed by atoms with E-state index in [4.69, 9.17) is 5.73 Å². The molecule has 0 unspecified atom stereocenters. The van der Waals surface area contributed by atoms with Crippen LogP contribution in [0.5, 0.6) is 0 Å². The predicted octanol–water partition coefficient (Wildman–Crippen LogP) is 3.59. The summed E-state index contributed by atoms with van der Waals surface area (Å²) in [4.78, 5) is 13.3. The number of carbonyl (C=O) groups is 1. The Morgan fingerprint density at radius 1 is 1.20 bits per heavy atom. The lowest BCUT2D eigenvalue weighted by molar-refractivity contribution is 0.0985. The molecule has 0 saturated carbocycles. The van der Waals surface area contributed by atoms with Crippen molar-refractivity contribution in [2.45, 2.75) is 0 Å². The van der Waals surface area contributed by atoms with E-state index in [2.05, 4.69) is 15.9 Å². The van der Waals surface area contributed by atoms with Crippen molar-refractivity contribution in [1.82, 2.24) is 0 Å². The Kier molecular flexibility index (Phi) is 4.04. The second-order valence-electron chi connectivity index (χ2n) is 4.16. The molecule has 0 aromatic heterocycles. The first-order chi connectivity index (χ1) is 9.41. The summed E-state index contributed by atoms with van der Waals surface area (Å²) in [5.74, 6) is -2.61. The highest BCUT2D eigenvalue weighted by Crippen LogP contribution is 2.27. The van der Waals surface area contributed by atoms with E-state index >= 15 is 0 Å². The lowest BCUT2D eigenvalue weighted by Crippen LogP contribution is -2.28. The maximum atomic E-state index is 13.6. The minimum atomic E-state index is -0.905. The number of nitrogens with zero attached hydrogens (tertiary/aromatic N) is 1. The molecule has 2 aromatic carbocycles. The lowest BCUT2D eigenvalue weighted by Gasteiger charge is -2.20. The summed E-state index contributed by atoms with van der Waals surface area (Å²) in [6.07, 6.45) is 0. The summed E-state index contributed by atoms with van der Waals surface area (Å²) in [6, 6.07) is 8.17. The third kappa shape index (κ3) is 2.65. The van der Waals surface area contributed by atoms with Crippen LogP contribution < -0.4 is 10.6 Å². The van der Waals surface area contributed by atoms with Crippen molar-refractivity contribution in [1.29, 1.82) is 0 Å². The Bertz CT molecular complexity index is 656. The molecule has 0 atom stereocenters. The average molecular weight is 341 g/mol. The second kappa shape index (κ2) is 5.58. The average Bonchev–Trinajstić information content (AvgIpc) is 2.37. The van der Waals surface area contributed by atoms with E-state index in [0.717, 1.165) is 21.5 Å². The normalized spacial score (nSPS) is 10.4. The van der Waals surface area contributed by atoms with Crippen molar-refractivity contribution in [2.24, 2.45) is 0 Å². The number of halogens is 3. The first kappa shape index (κ1) is 14.5. The molecular weight excluding hydrogens is 330 g/mol. The van der Waals surface area contributed by atoms with Gasteiger partial charge in [-0.3, -0.25) is 4.79 Å². The molecule has 0 aliphatic heterocycles. The van der Waals surface area contributed by atoms with Gasteiger partial charge in [0.15, 0.2) is 0 Å². The smallest absolute Gasteiger partial charge is 0.264 e. The maximum absolute atomic E-state index is 13.6. The van der Waals surface area contributed by atoms with Crippen LogP contribution in [0.3, 0.4) is 0 Å². The molecule has 1 amide bonds. The van der Waals surface area contributed by atoms with Crippen LogP contribution in [-0.4, -0.2) is 13.0 Å². The number of amides is 1. The van der Waals surface area contributed by atoms with Crippen molar-refractivity contribution in [2.75, 3.05) is 17.7 Å². The van der Waals surface area contributed by atoms with Crippen LogP contribution in [0.15, 0.2) is 40.9 Å². The number of anilines is 2. The van der Waals surface area contributed by atoms with Gasteiger partial charge in [-0.1, -0.05) is 22.0 Å². The molecular formula is C14H11BrF2N2O. The zero-order valence-electron chi connectivity index (χ0n) is 10.5. The first-order valence-electron chi connectivity index (χ1n) is 5.69. The lowest BCUT2D eigenvalue weighted by atomic mass is 10.1. The maximum Gasteiger partial charge on any atom is 0.264 e. The molecule has 2 rings (SSSR count). The predicted molar refractivity (Wildman–Crippen MR) is 77.6 cm³/mol. The summed E-state index contributed by atoms with van der Waals surface area (Å²) in [5.41, 5.74) is 5.90. The number of carbonyl (C=O) groups excluding carboxylic acids is 1. The summed E-state index contributed by atoms with van der Waals surface area (Å²) >= 11 is 3.25. The molecule has 0 aliphatic carbocycles. The van der Waals surface area contributed by atoms with Gasteiger partial charge in [-0.05, 0) is 30.3 Å². The Balaban J connectivity index is 2.43. The molecule has 0 radical (unpaired) electrons. The van der Waals surface area contributed by atoms with E-state index in [9.17, 15) is 13.6 Å². The van der Waals surface area contributed by atoms with E-state index in [1.165, 1.54) is 13.1 Å². The van der Waals surface area contributed by atoms with Crippen LogP contribution in [0.4, 0.5) is 20.2 Å². The van der Waals surface area contributed by atoms with Crippen LogP contribution in [0.1, 0.15) is 10.4 Å². The number of nitrogen functional groups attached to an aromatic ring is 1. The molecule has 104 valence electrons. The van der Waals surface area contributed by atoms with E-state index in [-0.39, 0.29) is 0 Å². The van der Waals surface area contributed by atoms with E-state index in [1.807, 2.05) is 0 Å². The zero-order chi connectivity index (χ0) is 14.9. The fourth-order valence-electron chi connectivity index (χ4n) is 1.81. The third-order valence-electron chi connectivity index (χ3n) is 2.83. The van der Waals surface area contributed by atoms with Crippen LogP contribution in [-0.2, 0) is 0 Å². The van der Waals surface area contributed by atoms with Crippen LogP contribution >= 0.6 is 15.9 Å². The van der Waals surface area contributed by atoms with Crippen molar-refractivity contribution in [3.05, 3.63) is 58.1 Å². The van der Waals surface area contributed by atoms with Crippen molar-refractivity contribution >= 4 is 33.2 Å². The van der Waals surface area contributed by atoms with Crippen molar-refractivity contribution in [3.63, 3.8) is 0 Å². The van der Waals surface area contributed by atoms with Gasteiger partial charge in [-0.25, -0.2) is 8.78 Å². The van der Waals surface area contributed by atoms with Gasteiger partial charge in [0, 0.05) is 11.5 Å². The molecule has 0 saturated heterocycles. The van der Waals surface area contributed by atoms with Gasteiger partial charge in [0.05, 0.1) is 11.4 Å². The SMILES string of the molecule is CN(C(=O)c1c(F)cccc1F)c1ccc(Br)cc1N. The fourth-order valence-corrected chi connectivity index (χ4v) is 2.19. The van der Waals surface area contributed by atoms with Gasteiger partial charge in [-0.2, -0.15) is 0 Å². The monoisotopic (exact) mass is 340 g/mol. The van der Waals surface area contributed by atoms with Gasteiger partial charge in [0.25, 0.3) is 5.91 Å². The molecule has 2 aromatic rings. The van der Waals surface area contributed by atoms with E-state index in [0.29, 0.717) is 11.4 Å². The molecule has 0 spiro atoms. The molecule has 2 N–H and O–H groups in total. The van der Waals surface area contributed by atoms with Crippen LogP contribution in [0, 0.1) is 11.6 Å². The molecule has 0 heterocycles. The topological polar surface area (TPSA) is 46.3 Å². The number of rotatable bonds is 2. The molecule has 0 bridgehead atoms. The summed E-state index contributed by atoms with van der Waals surface area (Å²) in [5, 5.41) is 0. The Labute approximate surface area is 123 Å². The minimum Gasteiger partial charge on any atom is -0.397 e. The number of hydrogen-bond donors (Lipinski definition) is 1. The Morgan fingerprint density at radius 2 is 1.80 bits per heavy atom. The Hall–Kier alpha value is -1.95. The largest absolute Gasteiger partial charge is 0.397 e. The molecule has 0 fully saturated rings. The first-order valence-corrected chi connectivity index (χ1v) is 6.48. The quantitative estimate of drug-likeness (QED) is 0.849. The molecule has 6 heteroatoms. The summed E-state index contributed by atoms with van der Waals surface area (Å²) in [7, 11) is 1.41. The molecule has 0 aliphatic rings. The number of nitrogens with two attached hydrogens (primary N) is 1. The van der Waals surface area contributed by atoms with Gasteiger partial charge < -0.3 is 10.6 Å². The Morgan fingerprint density at radius 3 is 2.35 bits per heavy atom. The number of hydrogen-bond acceptors (Lipinski definition) is 2. The highest BCUT2D eigenvalue weighted by molar-refractivity contribution is 9.10. The minimum absolute atomic E-state index is 0.326. The molecule has 20 heavy (non-hydrogen) atoms. The third-order valence-corrected chi connectivity index (χ3v) is 3.33. The van der Waals surface area contributed by atoms with Gasteiger partial charge in [-0.15, -0.1) is 0 Å². The van der Waals surface area contributed by atoms with Crippen LogP contribution in [0.2, 0.25) is 0 Å². The molecule has 3 nitrogen and oxygen atoms in total. The standard InChI is InChI=1S/C14H11BrF2N2O/c1-19(12-6-5-8(15)7-11(12)18)14(20)13-9(16)3-2-4-10(13)17/h2-7H,18H2,1H3. The van der Waals surface area contributed by atoms with Crippen molar-refractivity contribution in [3.8, 4) is 0 Å². The summed E-state index contributed by atoms with van der Waals surface area (Å²) < 4.78 is 28.0. The summed E-state index contributed by atoms with van der Waals surface area (Å²) in [6.45, 7) is 0. The number of benzene rings is 2. The van der Waals surface area contributed by atoms with Gasteiger partial charge in [0.1, 0.15) is 17.2 Å². The highest BCUT2D eigenvalue weighted by Gasteiger charge is 2.22. The second-order valence-corrected chi connectivity index (χ2v) is 5.08. The highest BCUT2D eigenvalue weighted by atomic mass is 79.9. The van der Waals surface area contributed by atoms with E-state index < -0.39 is 23.1 Å². The van der Waals surface area contributed by atoms with Gasteiger partial charge in [0.2, 0.25) is 0 Å². The zero-order valence-corrected chi connectivity index (χ0v) is 12.1. The van der Waals surface area contributed by atoms with E-state index in [1.54, 1.807) is 18.2 Å².